The molecular weight excluding hydrogens is 345 g/mol. The zero-order valence-electron chi connectivity index (χ0n) is 12.5. The molecule has 4 rings (SSSR count). The van der Waals surface area contributed by atoms with E-state index < -0.39 is 0 Å². The predicted octanol–water partition coefficient (Wildman–Crippen LogP) is 3.79. The Hall–Kier alpha value is -3.17. The second kappa shape index (κ2) is 6.38. The zero-order chi connectivity index (χ0) is 17.2. The van der Waals surface area contributed by atoms with Crippen molar-refractivity contribution in [1.29, 1.82) is 0 Å². The van der Waals surface area contributed by atoms with Crippen LogP contribution in [-0.2, 0) is 0 Å². The lowest BCUT2D eigenvalue weighted by Gasteiger charge is -1.94. The van der Waals surface area contributed by atoms with E-state index in [2.05, 4.69) is 20.1 Å². The third kappa shape index (κ3) is 2.86. The van der Waals surface area contributed by atoms with Crippen LogP contribution in [0.15, 0.2) is 52.1 Å². The number of aliphatic imine (C=N–C) groups is 1. The highest BCUT2D eigenvalue weighted by atomic mass is 32.1. The Labute approximate surface area is 144 Å². The van der Waals surface area contributed by atoms with Crippen LogP contribution in [0.1, 0.15) is 0 Å². The maximum atomic E-state index is 13.1. The maximum Gasteiger partial charge on any atom is 0.270 e. The third-order valence-electron chi connectivity index (χ3n) is 3.41. The topological polar surface area (TPSA) is 96.4 Å². The van der Waals surface area contributed by atoms with E-state index in [1.54, 1.807) is 24.4 Å². The van der Waals surface area contributed by atoms with Crippen molar-refractivity contribution in [3.8, 4) is 22.2 Å². The van der Waals surface area contributed by atoms with Crippen molar-refractivity contribution < 1.29 is 14.1 Å². The highest BCUT2D eigenvalue weighted by Gasteiger charge is 2.20. The Balaban J connectivity index is 1.82. The maximum absolute atomic E-state index is 13.1. The van der Waals surface area contributed by atoms with Gasteiger partial charge in [-0.1, -0.05) is 5.16 Å². The molecule has 0 unspecified atom stereocenters. The Morgan fingerprint density at radius 2 is 2.08 bits per heavy atom. The van der Waals surface area contributed by atoms with Gasteiger partial charge in [0.05, 0.1) is 5.69 Å². The van der Waals surface area contributed by atoms with Crippen LogP contribution >= 0.6 is 11.3 Å². The molecular formula is C16H10FN5O2S. The van der Waals surface area contributed by atoms with E-state index in [9.17, 15) is 4.39 Å². The van der Waals surface area contributed by atoms with Crippen LogP contribution in [0.3, 0.4) is 0 Å². The van der Waals surface area contributed by atoms with Crippen molar-refractivity contribution in [2.24, 2.45) is 4.99 Å². The van der Waals surface area contributed by atoms with Gasteiger partial charge in [-0.25, -0.2) is 14.4 Å². The fraction of sp³-hybridized carbons (Fsp3) is 0. The van der Waals surface area contributed by atoms with Crippen LogP contribution in [0.25, 0.3) is 32.4 Å². The van der Waals surface area contributed by atoms with E-state index in [0.717, 1.165) is 16.6 Å². The van der Waals surface area contributed by atoms with Crippen LogP contribution in [0.2, 0.25) is 0 Å². The molecule has 9 heteroatoms. The number of aromatic nitrogens is 3. The summed E-state index contributed by atoms with van der Waals surface area (Å²) in [7, 11) is 0. The molecule has 0 atom stereocenters. The Morgan fingerprint density at radius 3 is 2.88 bits per heavy atom. The van der Waals surface area contributed by atoms with Gasteiger partial charge < -0.3 is 4.52 Å². The summed E-state index contributed by atoms with van der Waals surface area (Å²) in [5.41, 5.74) is 3.07. The number of pyridine rings is 1. The molecule has 1 aromatic carbocycles. The molecule has 0 fully saturated rings. The SMILES string of the molecule is ONC=Nc1c(-c2nc(-c3ccc(F)cc3)no2)sc2ncccc12. The lowest BCUT2D eigenvalue weighted by molar-refractivity contribution is 0.240. The van der Waals surface area contributed by atoms with Crippen LogP contribution in [0, 0.1) is 5.82 Å². The van der Waals surface area contributed by atoms with E-state index in [4.69, 9.17) is 9.73 Å². The number of benzene rings is 1. The fourth-order valence-corrected chi connectivity index (χ4v) is 3.33. The molecule has 124 valence electrons. The van der Waals surface area contributed by atoms with Crippen molar-refractivity contribution in [2.45, 2.75) is 0 Å². The van der Waals surface area contributed by atoms with Gasteiger partial charge in [-0.2, -0.15) is 4.98 Å². The van der Waals surface area contributed by atoms with Crippen LogP contribution < -0.4 is 5.48 Å². The summed E-state index contributed by atoms with van der Waals surface area (Å²) in [6, 6.07) is 9.47. The molecule has 7 nitrogen and oxygen atoms in total. The van der Waals surface area contributed by atoms with E-state index in [1.807, 2.05) is 11.5 Å². The second-order valence-electron chi connectivity index (χ2n) is 4.95. The first-order valence-electron chi connectivity index (χ1n) is 7.16. The standard InChI is InChI=1S/C16H10FN5O2S/c17-10-5-3-9(4-6-10)14-21-15(24-22-14)13-12(19-8-20-23)11-2-1-7-18-16(11)25-13/h1-8,23H,(H,19,20). The minimum absolute atomic E-state index is 0.271. The van der Waals surface area contributed by atoms with Crippen molar-refractivity contribution in [1.82, 2.24) is 20.6 Å². The van der Waals surface area contributed by atoms with Crippen LogP contribution in [0.5, 0.6) is 0 Å². The minimum Gasteiger partial charge on any atom is -0.333 e. The predicted molar refractivity (Wildman–Crippen MR) is 91.4 cm³/mol. The molecule has 0 aliphatic carbocycles. The van der Waals surface area contributed by atoms with Crippen molar-refractivity contribution in [3.05, 3.63) is 48.4 Å². The minimum atomic E-state index is -0.337. The number of hydrogen-bond donors (Lipinski definition) is 2. The second-order valence-corrected chi connectivity index (χ2v) is 5.95. The summed E-state index contributed by atoms with van der Waals surface area (Å²) < 4.78 is 18.4. The molecule has 3 heterocycles. The van der Waals surface area contributed by atoms with Gasteiger partial charge in [0.2, 0.25) is 5.82 Å². The molecule has 25 heavy (non-hydrogen) atoms. The first-order chi connectivity index (χ1) is 12.3. The smallest absolute Gasteiger partial charge is 0.270 e. The Kier molecular flexibility index (Phi) is 3.92. The number of nitrogens with zero attached hydrogens (tertiary/aromatic N) is 4. The molecule has 3 aromatic heterocycles. The van der Waals surface area contributed by atoms with Gasteiger partial charge >= 0.3 is 0 Å². The molecule has 0 radical (unpaired) electrons. The van der Waals surface area contributed by atoms with Crippen LogP contribution in [0.4, 0.5) is 10.1 Å². The lowest BCUT2D eigenvalue weighted by atomic mass is 10.2. The lowest BCUT2D eigenvalue weighted by Crippen LogP contribution is -2.00. The summed E-state index contributed by atoms with van der Waals surface area (Å²) in [6.07, 6.45) is 2.83. The Bertz CT molecular complexity index is 1060. The highest BCUT2D eigenvalue weighted by Crippen LogP contribution is 2.43. The van der Waals surface area contributed by atoms with Crippen molar-refractivity contribution in [2.75, 3.05) is 0 Å². The van der Waals surface area contributed by atoms with Crippen LogP contribution in [-0.4, -0.2) is 26.7 Å². The van der Waals surface area contributed by atoms with Crippen molar-refractivity contribution in [3.63, 3.8) is 0 Å². The average molecular weight is 355 g/mol. The molecule has 2 N–H and O–H groups in total. The van der Waals surface area contributed by atoms with Gasteiger partial charge in [0, 0.05) is 17.1 Å². The number of rotatable bonds is 4. The van der Waals surface area contributed by atoms with Gasteiger partial charge in [-0.3, -0.25) is 10.7 Å². The number of fused-ring (bicyclic) bond motifs is 1. The summed E-state index contributed by atoms with van der Waals surface area (Å²) in [5, 5.41) is 13.5. The largest absolute Gasteiger partial charge is 0.333 e. The van der Waals surface area contributed by atoms with Gasteiger partial charge in [0.1, 0.15) is 21.9 Å². The molecule has 0 spiro atoms. The summed E-state index contributed by atoms with van der Waals surface area (Å²) in [5.74, 6) is 0.277. The number of thiophene rings is 1. The van der Waals surface area contributed by atoms with Crippen molar-refractivity contribution >= 4 is 33.6 Å². The highest BCUT2D eigenvalue weighted by molar-refractivity contribution is 7.22. The van der Waals surface area contributed by atoms with Gasteiger partial charge in [-0.05, 0) is 36.4 Å². The molecule has 0 bridgehead atoms. The average Bonchev–Trinajstić information content (AvgIpc) is 3.25. The quantitative estimate of drug-likeness (QED) is 0.328. The number of halogens is 1. The van der Waals surface area contributed by atoms with Gasteiger partial charge in [-0.15, -0.1) is 11.3 Å². The number of hydroxylamine groups is 1. The first-order valence-corrected chi connectivity index (χ1v) is 7.97. The molecule has 0 amide bonds. The van der Waals surface area contributed by atoms with E-state index in [-0.39, 0.29) is 11.7 Å². The molecule has 0 aliphatic heterocycles. The number of nitrogens with one attached hydrogen (secondary N) is 1. The summed E-state index contributed by atoms with van der Waals surface area (Å²) in [4.78, 5) is 14.2. The number of hydrogen-bond acceptors (Lipinski definition) is 7. The van der Waals surface area contributed by atoms with E-state index >= 15 is 0 Å². The van der Waals surface area contributed by atoms with Gasteiger partial charge in [0.15, 0.2) is 0 Å². The third-order valence-corrected chi connectivity index (χ3v) is 4.50. The molecule has 0 saturated heterocycles. The van der Waals surface area contributed by atoms with Gasteiger partial charge in [0.25, 0.3) is 5.89 Å². The summed E-state index contributed by atoms with van der Waals surface area (Å²) in [6.45, 7) is 0. The fourth-order valence-electron chi connectivity index (χ4n) is 2.32. The normalized spacial score (nSPS) is 11.4. The molecule has 0 saturated carbocycles. The zero-order valence-corrected chi connectivity index (χ0v) is 13.4. The summed E-state index contributed by atoms with van der Waals surface area (Å²) >= 11 is 1.35. The molecule has 0 aliphatic rings. The Morgan fingerprint density at radius 1 is 1.24 bits per heavy atom. The molecule has 4 aromatic rings. The first kappa shape index (κ1) is 15.4. The van der Waals surface area contributed by atoms with E-state index in [0.29, 0.717) is 22.0 Å². The monoisotopic (exact) mass is 355 g/mol. The van der Waals surface area contributed by atoms with E-state index in [1.165, 1.54) is 23.5 Å².